The first-order valence-corrected chi connectivity index (χ1v) is 11.5. The van der Waals surface area contributed by atoms with Crippen LogP contribution in [-0.4, -0.2) is 46.7 Å². The lowest BCUT2D eigenvalue weighted by Gasteiger charge is -2.29. The maximum Gasteiger partial charge on any atom is 0.310 e. The van der Waals surface area contributed by atoms with E-state index in [0.29, 0.717) is 36.4 Å². The summed E-state index contributed by atoms with van der Waals surface area (Å²) in [6.07, 6.45) is 2.59. The Balaban J connectivity index is 1.63. The Hall–Kier alpha value is -2.87. The van der Waals surface area contributed by atoms with Crippen LogP contribution in [-0.2, 0) is 32.4 Å². The van der Waals surface area contributed by atoms with Crippen molar-refractivity contribution >= 4 is 27.5 Å². The molecule has 0 radical (unpaired) electrons. The van der Waals surface area contributed by atoms with Crippen molar-refractivity contribution in [3.8, 4) is 5.75 Å². The van der Waals surface area contributed by atoms with E-state index in [1.165, 1.54) is 10.6 Å². The summed E-state index contributed by atoms with van der Waals surface area (Å²) in [5, 5.41) is 0. The normalized spacial score (nSPS) is 13.5. The number of anilines is 1. The lowest BCUT2D eigenvalue weighted by Crippen LogP contribution is -2.34. The SMILES string of the molecule is COc1cc(CC(=O)OCC(=O)c2ccc3c(c2)CCCN3S(C)(=O)=O)ccc1C. The average molecular weight is 432 g/mol. The molecule has 1 aliphatic heterocycles. The number of methoxy groups -OCH3 is 1. The van der Waals surface area contributed by atoms with Crippen molar-refractivity contribution in [3.05, 3.63) is 58.7 Å². The van der Waals surface area contributed by atoms with Crippen LogP contribution < -0.4 is 9.04 Å². The summed E-state index contributed by atoms with van der Waals surface area (Å²) < 4.78 is 35.7. The molecule has 8 heteroatoms. The molecule has 0 saturated carbocycles. The smallest absolute Gasteiger partial charge is 0.310 e. The maximum absolute atomic E-state index is 12.5. The van der Waals surface area contributed by atoms with Crippen molar-refractivity contribution in [2.24, 2.45) is 0 Å². The number of esters is 1. The minimum Gasteiger partial charge on any atom is -0.496 e. The number of fused-ring (bicyclic) bond motifs is 1. The number of rotatable bonds is 7. The molecular weight excluding hydrogens is 406 g/mol. The predicted molar refractivity (Wildman–Crippen MR) is 114 cm³/mol. The number of hydrogen-bond donors (Lipinski definition) is 0. The molecule has 0 spiro atoms. The largest absolute Gasteiger partial charge is 0.496 e. The van der Waals surface area contributed by atoms with Gasteiger partial charge in [0.2, 0.25) is 10.0 Å². The Labute approximate surface area is 176 Å². The van der Waals surface area contributed by atoms with Crippen molar-refractivity contribution in [2.75, 3.05) is 30.8 Å². The fraction of sp³-hybridized carbons (Fsp3) is 0.364. The lowest BCUT2D eigenvalue weighted by atomic mass is 9.99. The molecule has 0 aromatic heterocycles. The van der Waals surface area contributed by atoms with Crippen molar-refractivity contribution in [1.29, 1.82) is 0 Å². The molecule has 0 saturated heterocycles. The van der Waals surface area contributed by atoms with Crippen LogP contribution in [0.2, 0.25) is 0 Å². The van der Waals surface area contributed by atoms with Gasteiger partial charge in [-0.1, -0.05) is 12.1 Å². The molecule has 0 amide bonds. The van der Waals surface area contributed by atoms with Gasteiger partial charge in [-0.2, -0.15) is 0 Å². The van der Waals surface area contributed by atoms with Gasteiger partial charge in [0, 0.05) is 12.1 Å². The number of nitrogens with zero attached hydrogens (tertiary/aromatic N) is 1. The number of carbonyl (C=O) groups is 2. The second-order valence-electron chi connectivity index (χ2n) is 7.35. The molecule has 2 aromatic rings. The highest BCUT2D eigenvalue weighted by Gasteiger charge is 2.24. The van der Waals surface area contributed by atoms with E-state index < -0.39 is 16.0 Å². The molecule has 1 aliphatic rings. The van der Waals surface area contributed by atoms with E-state index in [1.54, 1.807) is 31.4 Å². The van der Waals surface area contributed by atoms with Gasteiger partial charge in [-0.25, -0.2) is 8.42 Å². The van der Waals surface area contributed by atoms with Crippen molar-refractivity contribution in [3.63, 3.8) is 0 Å². The topological polar surface area (TPSA) is 90.0 Å². The Morgan fingerprint density at radius 2 is 1.90 bits per heavy atom. The van der Waals surface area contributed by atoms with E-state index in [4.69, 9.17) is 9.47 Å². The summed E-state index contributed by atoms with van der Waals surface area (Å²) in [4.78, 5) is 24.6. The van der Waals surface area contributed by atoms with Gasteiger partial charge >= 0.3 is 5.97 Å². The molecule has 0 atom stereocenters. The van der Waals surface area contributed by atoms with Crippen LogP contribution in [0.4, 0.5) is 5.69 Å². The van der Waals surface area contributed by atoms with Crippen molar-refractivity contribution in [1.82, 2.24) is 0 Å². The number of benzene rings is 2. The predicted octanol–water partition coefficient (Wildman–Crippen LogP) is 2.68. The van der Waals surface area contributed by atoms with Crippen LogP contribution in [0.25, 0.3) is 0 Å². The number of ether oxygens (including phenoxy) is 2. The van der Waals surface area contributed by atoms with E-state index in [2.05, 4.69) is 0 Å². The number of ketones is 1. The molecule has 0 unspecified atom stereocenters. The van der Waals surface area contributed by atoms with E-state index in [1.807, 2.05) is 19.1 Å². The van der Waals surface area contributed by atoms with E-state index in [-0.39, 0.29) is 18.8 Å². The Morgan fingerprint density at radius 3 is 2.60 bits per heavy atom. The second kappa shape index (κ2) is 8.87. The molecule has 0 aliphatic carbocycles. The third-order valence-corrected chi connectivity index (χ3v) is 6.24. The molecule has 7 nitrogen and oxygen atoms in total. The van der Waals surface area contributed by atoms with Gasteiger partial charge in [-0.05, 0) is 60.7 Å². The van der Waals surface area contributed by atoms with Crippen LogP contribution in [0.5, 0.6) is 5.75 Å². The molecule has 160 valence electrons. The zero-order valence-corrected chi connectivity index (χ0v) is 18.1. The van der Waals surface area contributed by atoms with E-state index in [0.717, 1.165) is 16.7 Å². The van der Waals surface area contributed by atoms with Crippen LogP contribution in [0, 0.1) is 6.92 Å². The summed E-state index contributed by atoms with van der Waals surface area (Å²) in [7, 11) is -1.80. The summed E-state index contributed by atoms with van der Waals surface area (Å²) in [6.45, 7) is 1.98. The quantitative estimate of drug-likeness (QED) is 0.495. The molecule has 1 heterocycles. The molecule has 2 aromatic carbocycles. The van der Waals surface area contributed by atoms with Gasteiger partial charge in [0.25, 0.3) is 0 Å². The maximum atomic E-state index is 12.5. The number of aryl methyl sites for hydroxylation is 2. The minimum atomic E-state index is -3.36. The fourth-order valence-corrected chi connectivity index (χ4v) is 4.50. The fourth-order valence-electron chi connectivity index (χ4n) is 3.50. The zero-order valence-electron chi connectivity index (χ0n) is 17.3. The first-order chi connectivity index (χ1) is 14.2. The number of hydrogen-bond acceptors (Lipinski definition) is 6. The number of Topliss-reactive ketones (excluding diaryl/α,β-unsaturated/α-hetero) is 1. The van der Waals surface area contributed by atoms with E-state index in [9.17, 15) is 18.0 Å². The summed E-state index contributed by atoms with van der Waals surface area (Å²) in [6, 6.07) is 10.4. The van der Waals surface area contributed by atoms with Gasteiger partial charge < -0.3 is 9.47 Å². The Kier molecular flexibility index (Phi) is 6.45. The molecule has 0 N–H and O–H groups in total. The van der Waals surface area contributed by atoms with Gasteiger partial charge in [-0.15, -0.1) is 0 Å². The van der Waals surface area contributed by atoms with Gasteiger partial charge in [-0.3, -0.25) is 13.9 Å². The third-order valence-electron chi connectivity index (χ3n) is 5.06. The second-order valence-corrected chi connectivity index (χ2v) is 9.25. The number of sulfonamides is 1. The van der Waals surface area contributed by atoms with Crippen LogP contribution in [0.15, 0.2) is 36.4 Å². The van der Waals surface area contributed by atoms with Crippen molar-refractivity contribution in [2.45, 2.75) is 26.2 Å². The standard InChI is InChI=1S/C22H25NO6S/c1-15-6-7-16(11-21(15)28-2)12-22(25)29-14-20(24)18-8-9-19-17(13-18)5-4-10-23(19)30(3,26)27/h6-9,11,13H,4-5,10,12,14H2,1-3H3. The van der Waals surface area contributed by atoms with Gasteiger partial charge in [0.05, 0.1) is 25.5 Å². The average Bonchev–Trinajstić information content (AvgIpc) is 2.71. The molecular formula is C22H25NO6S. The highest BCUT2D eigenvalue weighted by molar-refractivity contribution is 7.92. The Morgan fingerprint density at radius 1 is 1.13 bits per heavy atom. The molecule has 3 rings (SSSR count). The Bertz CT molecular complexity index is 1080. The third kappa shape index (κ3) is 4.99. The van der Waals surface area contributed by atoms with Gasteiger partial charge in [0.1, 0.15) is 5.75 Å². The first-order valence-electron chi connectivity index (χ1n) is 9.62. The van der Waals surface area contributed by atoms with Crippen LogP contribution >= 0.6 is 0 Å². The first kappa shape index (κ1) is 21.8. The summed E-state index contributed by atoms with van der Waals surface area (Å²) in [5.74, 6) is -0.145. The highest BCUT2D eigenvalue weighted by atomic mass is 32.2. The zero-order chi connectivity index (χ0) is 21.9. The highest BCUT2D eigenvalue weighted by Crippen LogP contribution is 2.30. The van der Waals surface area contributed by atoms with Gasteiger partial charge in [0.15, 0.2) is 12.4 Å². The molecule has 0 bridgehead atoms. The minimum absolute atomic E-state index is 0.0391. The summed E-state index contributed by atoms with van der Waals surface area (Å²) >= 11 is 0. The molecule has 0 fully saturated rings. The van der Waals surface area contributed by atoms with Crippen LogP contribution in [0.1, 0.15) is 33.5 Å². The summed E-state index contributed by atoms with van der Waals surface area (Å²) in [5.41, 5.74) is 3.51. The lowest BCUT2D eigenvalue weighted by molar-refractivity contribution is -0.141. The van der Waals surface area contributed by atoms with Crippen molar-refractivity contribution < 1.29 is 27.5 Å². The monoisotopic (exact) mass is 431 g/mol. The number of carbonyl (C=O) groups excluding carboxylic acids is 2. The molecule has 30 heavy (non-hydrogen) atoms. The van der Waals surface area contributed by atoms with E-state index >= 15 is 0 Å². The van der Waals surface area contributed by atoms with Crippen LogP contribution in [0.3, 0.4) is 0 Å².